The van der Waals surface area contributed by atoms with Gasteiger partial charge in [-0.05, 0) is 37.5 Å². The molecule has 1 fully saturated rings. The van der Waals surface area contributed by atoms with Crippen LogP contribution >= 0.6 is 0 Å². The lowest BCUT2D eigenvalue weighted by Crippen LogP contribution is -2.53. The number of rotatable bonds is 4. The van der Waals surface area contributed by atoms with Crippen molar-refractivity contribution in [3.8, 4) is 0 Å². The number of ether oxygens (including phenoxy) is 1. The topological polar surface area (TPSA) is 42.4 Å². The standard InChI is InChI=1S/C20H24N2O2/c1-15-14-24-20(18-8-4-3-5-9-18)16(2)22(15)19(23)11-10-17-7-6-12-21-13-17/h3-9,12-13,15-16,20H,10-11,14H2,1-2H3/t15-,16+,20+/m1/s1. The molecule has 1 aliphatic rings. The summed E-state index contributed by atoms with van der Waals surface area (Å²) in [5, 5.41) is 0. The second-order valence-electron chi connectivity index (χ2n) is 6.42. The number of nitrogens with zero attached hydrogens (tertiary/aromatic N) is 2. The van der Waals surface area contributed by atoms with Gasteiger partial charge in [-0.2, -0.15) is 0 Å². The number of carbonyl (C=O) groups excluding carboxylic acids is 1. The summed E-state index contributed by atoms with van der Waals surface area (Å²) in [6.07, 6.45) is 4.74. The zero-order chi connectivity index (χ0) is 16.9. The maximum absolute atomic E-state index is 12.8. The Morgan fingerprint density at radius 2 is 2.00 bits per heavy atom. The lowest BCUT2D eigenvalue weighted by molar-refractivity contribution is -0.153. The van der Waals surface area contributed by atoms with Gasteiger partial charge in [-0.1, -0.05) is 36.4 Å². The second kappa shape index (κ2) is 7.58. The van der Waals surface area contributed by atoms with Crippen molar-refractivity contribution in [1.29, 1.82) is 0 Å². The molecule has 24 heavy (non-hydrogen) atoms. The number of hydrogen-bond donors (Lipinski definition) is 0. The lowest BCUT2D eigenvalue weighted by Gasteiger charge is -2.44. The summed E-state index contributed by atoms with van der Waals surface area (Å²) >= 11 is 0. The zero-order valence-corrected chi connectivity index (χ0v) is 14.3. The van der Waals surface area contributed by atoms with Crippen molar-refractivity contribution in [2.24, 2.45) is 0 Å². The molecule has 1 saturated heterocycles. The first kappa shape index (κ1) is 16.7. The number of pyridine rings is 1. The number of amides is 1. The van der Waals surface area contributed by atoms with Gasteiger partial charge in [0.2, 0.25) is 5.91 Å². The van der Waals surface area contributed by atoms with Crippen LogP contribution in [0.5, 0.6) is 0 Å². The summed E-state index contributed by atoms with van der Waals surface area (Å²) in [5.74, 6) is 0.183. The minimum Gasteiger partial charge on any atom is -0.369 e. The van der Waals surface area contributed by atoms with E-state index < -0.39 is 0 Å². The molecule has 0 spiro atoms. The minimum atomic E-state index is -0.0651. The van der Waals surface area contributed by atoms with E-state index in [1.165, 1.54) is 0 Å². The van der Waals surface area contributed by atoms with Gasteiger partial charge in [-0.3, -0.25) is 9.78 Å². The van der Waals surface area contributed by atoms with E-state index in [1.807, 2.05) is 41.4 Å². The Kier molecular flexibility index (Phi) is 5.26. The Morgan fingerprint density at radius 1 is 1.21 bits per heavy atom. The molecular formula is C20H24N2O2. The molecule has 1 aromatic heterocycles. The van der Waals surface area contributed by atoms with Gasteiger partial charge >= 0.3 is 0 Å². The van der Waals surface area contributed by atoms with Crippen molar-refractivity contribution in [3.63, 3.8) is 0 Å². The highest BCUT2D eigenvalue weighted by Gasteiger charge is 2.36. The van der Waals surface area contributed by atoms with Crippen molar-refractivity contribution < 1.29 is 9.53 Å². The first-order valence-electron chi connectivity index (χ1n) is 8.53. The van der Waals surface area contributed by atoms with Crippen LogP contribution in [0.1, 0.15) is 37.5 Å². The number of morpholine rings is 1. The predicted molar refractivity (Wildman–Crippen MR) is 93.5 cm³/mol. The largest absolute Gasteiger partial charge is 0.369 e. The van der Waals surface area contributed by atoms with E-state index in [4.69, 9.17) is 4.74 Å². The Bertz CT molecular complexity index is 660. The number of aryl methyl sites for hydroxylation is 1. The van der Waals surface area contributed by atoms with Crippen LogP contribution in [-0.2, 0) is 16.0 Å². The van der Waals surface area contributed by atoms with E-state index in [9.17, 15) is 4.79 Å². The Labute approximate surface area is 143 Å². The molecule has 0 aliphatic carbocycles. The summed E-state index contributed by atoms with van der Waals surface area (Å²) in [7, 11) is 0. The maximum atomic E-state index is 12.8. The van der Waals surface area contributed by atoms with Crippen molar-refractivity contribution >= 4 is 5.91 Å². The monoisotopic (exact) mass is 324 g/mol. The van der Waals surface area contributed by atoms with Gasteiger partial charge in [0.25, 0.3) is 0 Å². The summed E-state index contributed by atoms with van der Waals surface area (Å²) in [6, 6.07) is 14.2. The highest BCUT2D eigenvalue weighted by Crippen LogP contribution is 2.31. The molecule has 3 atom stereocenters. The quantitative estimate of drug-likeness (QED) is 0.866. The molecular weight excluding hydrogens is 300 g/mol. The third kappa shape index (κ3) is 3.65. The van der Waals surface area contributed by atoms with E-state index in [-0.39, 0.29) is 24.1 Å². The normalized spacial score (nSPS) is 23.9. The van der Waals surface area contributed by atoms with E-state index in [2.05, 4.69) is 31.0 Å². The molecule has 4 heteroatoms. The summed E-state index contributed by atoms with van der Waals surface area (Å²) in [5.41, 5.74) is 2.22. The van der Waals surface area contributed by atoms with Crippen LogP contribution in [0.2, 0.25) is 0 Å². The second-order valence-corrected chi connectivity index (χ2v) is 6.42. The molecule has 1 aliphatic heterocycles. The molecule has 1 amide bonds. The number of hydrogen-bond acceptors (Lipinski definition) is 3. The van der Waals surface area contributed by atoms with Gasteiger partial charge in [0.05, 0.1) is 18.7 Å². The molecule has 0 bridgehead atoms. The maximum Gasteiger partial charge on any atom is 0.223 e. The number of benzene rings is 1. The molecule has 4 nitrogen and oxygen atoms in total. The van der Waals surface area contributed by atoms with Crippen LogP contribution in [0, 0.1) is 0 Å². The van der Waals surface area contributed by atoms with Gasteiger partial charge in [0.15, 0.2) is 0 Å². The fourth-order valence-corrected chi connectivity index (χ4v) is 3.43. The zero-order valence-electron chi connectivity index (χ0n) is 14.3. The molecule has 0 saturated carbocycles. The molecule has 2 aromatic rings. The molecule has 0 radical (unpaired) electrons. The first-order valence-corrected chi connectivity index (χ1v) is 8.53. The molecule has 126 valence electrons. The van der Waals surface area contributed by atoms with Crippen molar-refractivity contribution in [3.05, 3.63) is 66.0 Å². The van der Waals surface area contributed by atoms with Gasteiger partial charge in [-0.25, -0.2) is 0 Å². The predicted octanol–water partition coefficient (Wildman–Crippen LogP) is 3.39. The van der Waals surface area contributed by atoms with Crippen LogP contribution < -0.4 is 0 Å². The van der Waals surface area contributed by atoms with Crippen LogP contribution in [0.3, 0.4) is 0 Å². The molecule has 2 heterocycles. The van der Waals surface area contributed by atoms with Crippen molar-refractivity contribution in [1.82, 2.24) is 9.88 Å². The van der Waals surface area contributed by atoms with Crippen LogP contribution in [0.15, 0.2) is 54.9 Å². The molecule has 3 rings (SSSR count). The van der Waals surface area contributed by atoms with Gasteiger partial charge in [-0.15, -0.1) is 0 Å². The highest BCUT2D eigenvalue weighted by atomic mass is 16.5. The minimum absolute atomic E-state index is 0.0255. The highest BCUT2D eigenvalue weighted by molar-refractivity contribution is 5.77. The molecule has 0 N–H and O–H groups in total. The van der Waals surface area contributed by atoms with Crippen molar-refractivity contribution in [2.45, 2.75) is 44.9 Å². The fraction of sp³-hybridized carbons (Fsp3) is 0.400. The number of aromatic nitrogens is 1. The summed E-state index contributed by atoms with van der Waals surface area (Å²) in [4.78, 5) is 18.9. The van der Waals surface area contributed by atoms with Crippen molar-refractivity contribution in [2.75, 3.05) is 6.61 Å². The number of carbonyl (C=O) groups is 1. The van der Waals surface area contributed by atoms with E-state index in [1.54, 1.807) is 6.20 Å². The van der Waals surface area contributed by atoms with Gasteiger partial charge < -0.3 is 9.64 Å². The average molecular weight is 324 g/mol. The van der Waals surface area contributed by atoms with Gasteiger partial charge in [0.1, 0.15) is 6.10 Å². The molecule has 0 unspecified atom stereocenters. The van der Waals surface area contributed by atoms with Crippen LogP contribution in [0.25, 0.3) is 0 Å². The Balaban J connectivity index is 1.69. The molecule has 1 aromatic carbocycles. The SMILES string of the molecule is C[C@@H]1CO[C@H](c2ccccc2)[C@H](C)N1C(=O)CCc1cccnc1. The van der Waals surface area contributed by atoms with Crippen LogP contribution in [-0.4, -0.2) is 34.5 Å². The van der Waals surface area contributed by atoms with Gasteiger partial charge in [0, 0.05) is 18.8 Å². The van der Waals surface area contributed by atoms with E-state index in [0.717, 1.165) is 17.5 Å². The third-order valence-electron chi connectivity index (χ3n) is 4.64. The lowest BCUT2D eigenvalue weighted by atomic mass is 9.98. The third-order valence-corrected chi connectivity index (χ3v) is 4.64. The Hall–Kier alpha value is -2.20. The summed E-state index contributed by atoms with van der Waals surface area (Å²) in [6.45, 7) is 4.71. The first-order chi connectivity index (χ1) is 11.7. The smallest absolute Gasteiger partial charge is 0.223 e. The van der Waals surface area contributed by atoms with Crippen LogP contribution in [0.4, 0.5) is 0 Å². The summed E-state index contributed by atoms with van der Waals surface area (Å²) < 4.78 is 6.03. The Morgan fingerprint density at radius 3 is 2.71 bits per heavy atom. The fourth-order valence-electron chi connectivity index (χ4n) is 3.43. The van der Waals surface area contributed by atoms with E-state index >= 15 is 0 Å². The average Bonchev–Trinajstić information content (AvgIpc) is 2.62. The van der Waals surface area contributed by atoms with E-state index in [0.29, 0.717) is 13.0 Å².